The monoisotopic (exact) mass is 256 g/mol. The lowest BCUT2D eigenvalue weighted by atomic mass is 9.98. The Labute approximate surface area is 107 Å². The number of piperidine rings is 1. The predicted octanol–water partition coefficient (Wildman–Crippen LogP) is 0.953. The molecule has 0 spiro atoms. The van der Waals surface area contributed by atoms with Crippen molar-refractivity contribution in [3.05, 3.63) is 0 Å². The first-order chi connectivity index (χ1) is 8.08. The molecule has 4 nitrogen and oxygen atoms in total. The molecular formula is C12H20N2O2S. The summed E-state index contributed by atoms with van der Waals surface area (Å²) in [5.74, 6) is 0.474. The van der Waals surface area contributed by atoms with Gasteiger partial charge >= 0.3 is 0 Å². The van der Waals surface area contributed by atoms with Gasteiger partial charge in [-0.2, -0.15) is 12.6 Å². The van der Waals surface area contributed by atoms with Gasteiger partial charge in [0.25, 0.3) is 0 Å². The number of carbonyl (C=O) groups excluding carboxylic acids is 2. The number of likely N-dealkylation sites (tertiary alicyclic amines) is 1. The zero-order valence-electron chi connectivity index (χ0n) is 10.0. The van der Waals surface area contributed by atoms with Gasteiger partial charge in [-0.25, -0.2) is 0 Å². The minimum atomic E-state index is -0.382. The number of hydrogen-bond donors (Lipinski definition) is 2. The normalized spacial score (nSPS) is 26.6. The summed E-state index contributed by atoms with van der Waals surface area (Å²) in [6, 6.07) is -0.382. The van der Waals surface area contributed by atoms with E-state index in [0.717, 1.165) is 37.9 Å². The molecule has 1 saturated heterocycles. The first-order valence-corrected chi connectivity index (χ1v) is 6.91. The van der Waals surface area contributed by atoms with E-state index in [1.54, 1.807) is 4.90 Å². The highest BCUT2D eigenvalue weighted by Gasteiger charge is 2.45. The van der Waals surface area contributed by atoms with Crippen molar-refractivity contribution >= 4 is 24.4 Å². The van der Waals surface area contributed by atoms with Gasteiger partial charge in [-0.3, -0.25) is 9.59 Å². The van der Waals surface area contributed by atoms with Gasteiger partial charge in [-0.15, -0.1) is 0 Å². The number of primary amides is 1. The lowest BCUT2D eigenvalue weighted by molar-refractivity contribution is -0.141. The minimum Gasteiger partial charge on any atom is -0.368 e. The number of rotatable bonds is 4. The molecule has 1 unspecified atom stereocenters. The molecule has 1 saturated carbocycles. The number of hydrogen-bond acceptors (Lipinski definition) is 3. The largest absolute Gasteiger partial charge is 0.368 e. The van der Waals surface area contributed by atoms with E-state index in [1.807, 2.05) is 0 Å². The molecule has 5 heteroatoms. The maximum atomic E-state index is 12.2. The van der Waals surface area contributed by atoms with E-state index in [4.69, 9.17) is 5.73 Å². The molecule has 1 heterocycles. The molecule has 2 aliphatic rings. The van der Waals surface area contributed by atoms with E-state index in [0.29, 0.717) is 13.0 Å². The van der Waals surface area contributed by atoms with Gasteiger partial charge in [0.05, 0.1) is 0 Å². The molecule has 1 aliphatic heterocycles. The van der Waals surface area contributed by atoms with Crippen molar-refractivity contribution in [3.8, 4) is 0 Å². The van der Waals surface area contributed by atoms with Gasteiger partial charge in [-0.05, 0) is 43.3 Å². The van der Waals surface area contributed by atoms with Crippen LogP contribution in [-0.4, -0.2) is 35.1 Å². The van der Waals surface area contributed by atoms with Crippen molar-refractivity contribution in [2.24, 2.45) is 11.1 Å². The Morgan fingerprint density at radius 1 is 1.35 bits per heavy atom. The minimum absolute atomic E-state index is 0.0834. The van der Waals surface area contributed by atoms with Crippen molar-refractivity contribution < 1.29 is 9.59 Å². The fraction of sp³-hybridized carbons (Fsp3) is 0.833. The van der Waals surface area contributed by atoms with Crippen LogP contribution in [0.15, 0.2) is 0 Å². The van der Waals surface area contributed by atoms with E-state index in [9.17, 15) is 9.59 Å². The summed E-state index contributed by atoms with van der Waals surface area (Å²) in [5, 5.41) is 0. The number of nitrogens with two attached hydrogens (primary N) is 1. The Hall–Kier alpha value is -0.710. The van der Waals surface area contributed by atoms with Gasteiger partial charge in [-0.1, -0.05) is 0 Å². The maximum Gasteiger partial charge on any atom is 0.240 e. The lowest BCUT2D eigenvalue weighted by Crippen LogP contribution is -2.50. The highest BCUT2D eigenvalue weighted by atomic mass is 32.1. The molecule has 2 rings (SSSR count). The van der Waals surface area contributed by atoms with Gasteiger partial charge in [0.2, 0.25) is 11.8 Å². The van der Waals surface area contributed by atoms with Crippen LogP contribution in [0.1, 0.15) is 38.5 Å². The molecule has 1 aliphatic carbocycles. The second-order valence-corrected chi connectivity index (χ2v) is 5.65. The molecule has 0 radical (unpaired) electrons. The third-order valence-corrected chi connectivity index (χ3v) is 4.64. The average molecular weight is 256 g/mol. The molecule has 17 heavy (non-hydrogen) atoms. The lowest BCUT2D eigenvalue weighted by Gasteiger charge is -2.34. The number of carbonyl (C=O) groups is 2. The Morgan fingerprint density at radius 3 is 2.59 bits per heavy atom. The van der Waals surface area contributed by atoms with Gasteiger partial charge in [0.1, 0.15) is 6.04 Å². The summed E-state index contributed by atoms with van der Waals surface area (Å²) in [4.78, 5) is 25.2. The molecule has 0 aromatic rings. The predicted molar refractivity (Wildman–Crippen MR) is 68.7 cm³/mol. The zero-order valence-corrected chi connectivity index (χ0v) is 10.9. The summed E-state index contributed by atoms with van der Waals surface area (Å²) in [7, 11) is 0. The smallest absolute Gasteiger partial charge is 0.240 e. The first-order valence-electron chi connectivity index (χ1n) is 6.28. The van der Waals surface area contributed by atoms with E-state index in [2.05, 4.69) is 12.6 Å². The van der Waals surface area contributed by atoms with Crippen LogP contribution in [-0.2, 0) is 9.59 Å². The van der Waals surface area contributed by atoms with Crippen LogP contribution in [0.4, 0.5) is 0 Å². The van der Waals surface area contributed by atoms with Crippen molar-refractivity contribution in [2.75, 3.05) is 12.3 Å². The molecular weight excluding hydrogens is 236 g/mol. The van der Waals surface area contributed by atoms with Crippen molar-refractivity contribution in [1.29, 1.82) is 0 Å². The first kappa shape index (κ1) is 12.7. The van der Waals surface area contributed by atoms with Crippen LogP contribution >= 0.6 is 12.6 Å². The third kappa shape index (κ3) is 2.76. The topological polar surface area (TPSA) is 63.4 Å². The van der Waals surface area contributed by atoms with Crippen LogP contribution in [0.3, 0.4) is 0 Å². The van der Waals surface area contributed by atoms with E-state index in [1.165, 1.54) is 0 Å². The summed E-state index contributed by atoms with van der Waals surface area (Å²) in [6.45, 7) is 0.676. The van der Waals surface area contributed by atoms with Gasteiger partial charge in [0.15, 0.2) is 0 Å². The quantitative estimate of drug-likeness (QED) is 0.736. The fourth-order valence-electron chi connectivity index (χ4n) is 2.52. The molecule has 96 valence electrons. The summed E-state index contributed by atoms with van der Waals surface area (Å²) >= 11 is 4.30. The highest BCUT2D eigenvalue weighted by molar-refractivity contribution is 7.80. The van der Waals surface area contributed by atoms with Crippen LogP contribution in [0.2, 0.25) is 0 Å². The summed E-state index contributed by atoms with van der Waals surface area (Å²) in [5.41, 5.74) is 5.47. The highest BCUT2D eigenvalue weighted by Crippen LogP contribution is 2.50. The molecule has 2 fully saturated rings. The molecule has 2 amide bonds. The van der Waals surface area contributed by atoms with E-state index in [-0.39, 0.29) is 23.3 Å². The number of amides is 2. The Balaban J connectivity index is 1.99. The van der Waals surface area contributed by atoms with E-state index >= 15 is 0 Å². The van der Waals surface area contributed by atoms with Gasteiger partial charge < -0.3 is 10.6 Å². The molecule has 0 bridgehead atoms. The zero-order chi connectivity index (χ0) is 12.5. The van der Waals surface area contributed by atoms with Crippen molar-refractivity contribution in [2.45, 2.75) is 44.6 Å². The Morgan fingerprint density at radius 2 is 2.06 bits per heavy atom. The number of thiol groups is 1. The van der Waals surface area contributed by atoms with Crippen molar-refractivity contribution in [1.82, 2.24) is 4.90 Å². The third-order valence-electron chi connectivity index (χ3n) is 3.97. The molecule has 2 N–H and O–H groups in total. The van der Waals surface area contributed by atoms with Crippen LogP contribution in [0.5, 0.6) is 0 Å². The Bertz CT molecular complexity index is 328. The van der Waals surface area contributed by atoms with Crippen LogP contribution < -0.4 is 5.73 Å². The molecule has 0 aromatic heterocycles. The summed E-state index contributed by atoms with van der Waals surface area (Å²) in [6.07, 6.45) is 5.36. The second kappa shape index (κ2) is 4.88. The Kier molecular flexibility index (Phi) is 3.66. The van der Waals surface area contributed by atoms with Crippen molar-refractivity contribution in [3.63, 3.8) is 0 Å². The molecule has 0 aromatic carbocycles. The summed E-state index contributed by atoms with van der Waals surface area (Å²) < 4.78 is 0. The molecule has 1 atom stereocenters. The standard InChI is InChI=1S/C12H20N2O2S/c13-11(16)9-3-1-2-6-14(9)10(15)7-12(8-17)4-5-12/h9,17H,1-8H2,(H2,13,16). The average Bonchev–Trinajstić information content (AvgIpc) is 3.09. The second-order valence-electron chi connectivity index (χ2n) is 5.34. The maximum absolute atomic E-state index is 12.2. The van der Waals surface area contributed by atoms with Gasteiger partial charge in [0, 0.05) is 13.0 Å². The SMILES string of the molecule is NC(=O)C1CCCCN1C(=O)CC1(CS)CC1. The number of nitrogens with zero attached hydrogens (tertiary/aromatic N) is 1. The van der Waals surface area contributed by atoms with E-state index < -0.39 is 0 Å². The fourth-order valence-corrected chi connectivity index (χ4v) is 2.94. The van der Waals surface area contributed by atoms with Crippen LogP contribution in [0.25, 0.3) is 0 Å². The van der Waals surface area contributed by atoms with Crippen LogP contribution in [0, 0.1) is 5.41 Å².